The van der Waals surface area contributed by atoms with Crippen molar-refractivity contribution in [2.45, 2.75) is 6.04 Å². The second kappa shape index (κ2) is 6.21. The number of rotatable bonds is 5. The minimum absolute atomic E-state index is 0.395. The molecule has 6 nitrogen and oxygen atoms in total. The maximum Gasteiger partial charge on any atom is 0.233 e. The van der Waals surface area contributed by atoms with E-state index in [4.69, 9.17) is 19.9 Å². The van der Waals surface area contributed by atoms with Crippen molar-refractivity contribution in [2.24, 2.45) is 5.73 Å². The van der Waals surface area contributed by atoms with Gasteiger partial charge in [0, 0.05) is 6.07 Å². The lowest BCUT2D eigenvalue weighted by Gasteiger charge is -2.14. The average Bonchev–Trinajstić information content (AvgIpc) is 2.53. The Kier molecular flexibility index (Phi) is 4.37. The zero-order chi connectivity index (χ0) is 14.5. The van der Waals surface area contributed by atoms with Crippen LogP contribution in [-0.2, 0) is 0 Å². The van der Waals surface area contributed by atoms with Gasteiger partial charge in [-0.25, -0.2) is 0 Å². The van der Waals surface area contributed by atoms with E-state index in [9.17, 15) is 0 Å². The standard InChI is InChI=1S/C14H17N3O3/c1-18-11-6-4-9(8-12(11)19-2)14(15)10-5-7-13(20-3)17-16-10/h4-8,14H,15H2,1-3H3. The van der Waals surface area contributed by atoms with Gasteiger partial charge in [-0.05, 0) is 23.8 Å². The minimum Gasteiger partial charge on any atom is -0.493 e. The van der Waals surface area contributed by atoms with Crippen molar-refractivity contribution in [3.63, 3.8) is 0 Å². The van der Waals surface area contributed by atoms with E-state index in [0.717, 1.165) is 5.56 Å². The van der Waals surface area contributed by atoms with Crippen LogP contribution in [0.5, 0.6) is 17.4 Å². The van der Waals surface area contributed by atoms with Gasteiger partial charge >= 0.3 is 0 Å². The van der Waals surface area contributed by atoms with Crippen LogP contribution in [0, 0.1) is 0 Å². The Morgan fingerprint density at radius 2 is 1.65 bits per heavy atom. The molecule has 1 aromatic carbocycles. The molecule has 0 radical (unpaired) electrons. The highest BCUT2D eigenvalue weighted by atomic mass is 16.5. The van der Waals surface area contributed by atoms with Crippen molar-refractivity contribution in [1.29, 1.82) is 0 Å². The first-order valence-electron chi connectivity index (χ1n) is 6.04. The number of hydrogen-bond acceptors (Lipinski definition) is 6. The predicted octanol–water partition coefficient (Wildman–Crippen LogP) is 1.55. The fourth-order valence-electron chi connectivity index (χ4n) is 1.82. The number of benzene rings is 1. The van der Waals surface area contributed by atoms with Crippen LogP contribution in [0.1, 0.15) is 17.3 Å². The number of hydrogen-bond donors (Lipinski definition) is 1. The maximum atomic E-state index is 6.18. The van der Waals surface area contributed by atoms with E-state index in [-0.39, 0.29) is 0 Å². The first-order chi connectivity index (χ1) is 9.69. The summed E-state index contributed by atoms with van der Waals surface area (Å²) in [5.41, 5.74) is 7.70. The molecule has 0 fully saturated rings. The molecule has 1 heterocycles. The molecule has 106 valence electrons. The van der Waals surface area contributed by atoms with Crippen molar-refractivity contribution in [3.05, 3.63) is 41.6 Å². The number of nitrogens with zero attached hydrogens (tertiary/aromatic N) is 2. The lowest BCUT2D eigenvalue weighted by Crippen LogP contribution is -2.14. The van der Waals surface area contributed by atoms with Gasteiger partial charge in [0.1, 0.15) is 0 Å². The molecule has 20 heavy (non-hydrogen) atoms. The molecule has 1 atom stereocenters. The smallest absolute Gasteiger partial charge is 0.233 e. The average molecular weight is 275 g/mol. The van der Waals surface area contributed by atoms with Gasteiger partial charge in [0.25, 0.3) is 0 Å². The van der Waals surface area contributed by atoms with Crippen molar-refractivity contribution in [2.75, 3.05) is 21.3 Å². The molecule has 0 spiro atoms. The molecule has 6 heteroatoms. The SMILES string of the molecule is COc1ccc(C(N)c2ccc(OC)c(OC)c2)nn1. The fraction of sp³-hybridized carbons (Fsp3) is 0.286. The third-order valence-electron chi connectivity index (χ3n) is 2.96. The largest absolute Gasteiger partial charge is 0.493 e. The second-order valence-electron chi connectivity index (χ2n) is 4.09. The highest BCUT2D eigenvalue weighted by molar-refractivity contribution is 5.45. The van der Waals surface area contributed by atoms with E-state index >= 15 is 0 Å². The van der Waals surface area contributed by atoms with Gasteiger partial charge in [-0.3, -0.25) is 0 Å². The Morgan fingerprint density at radius 3 is 2.20 bits per heavy atom. The van der Waals surface area contributed by atoms with Gasteiger partial charge in [-0.2, -0.15) is 0 Å². The summed E-state index contributed by atoms with van der Waals surface area (Å²) in [5, 5.41) is 7.96. The highest BCUT2D eigenvalue weighted by Gasteiger charge is 2.14. The number of aromatic nitrogens is 2. The van der Waals surface area contributed by atoms with Gasteiger partial charge in [-0.15, -0.1) is 10.2 Å². The monoisotopic (exact) mass is 275 g/mol. The summed E-state index contributed by atoms with van der Waals surface area (Å²) in [5.74, 6) is 1.74. The molecule has 0 aliphatic rings. The third kappa shape index (κ3) is 2.80. The van der Waals surface area contributed by atoms with E-state index in [1.165, 1.54) is 7.11 Å². The molecular formula is C14H17N3O3. The highest BCUT2D eigenvalue weighted by Crippen LogP contribution is 2.30. The van der Waals surface area contributed by atoms with E-state index in [1.807, 2.05) is 18.2 Å². The first kappa shape index (κ1) is 14.1. The van der Waals surface area contributed by atoms with E-state index < -0.39 is 6.04 Å². The number of ether oxygens (including phenoxy) is 3. The Balaban J connectivity index is 2.29. The van der Waals surface area contributed by atoms with Crippen LogP contribution in [0.2, 0.25) is 0 Å². The molecule has 0 amide bonds. The van der Waals surface area contributed by atoms with Crippen LogP contribution in [0.25, 0.3) is 0 Å². The van der Waals surface area contributed by atoms with Crippen LogP contribution in [-0.4, -0.2) is 31.5 Å². The quantitative estimate of drug-likeness (QED) is 0.891. The summed E-state index contributed by atoms with van der Waals surface area (Å²) in [7, 11) is 4.71. The fourth-order valence-corrected chi connectivity index (χ4v) is 1.82. The molecule has 0 bridgehead atoms. The van der Waals surface area contributed by atoms with Gasteiger partial charge in [0.15, 0.2) is 11.5 Å². The van der Waals surface area contributed by atoms with Crippen LogP contribution < -0.4 is 19.9 Å². The lowest BCUT2D eigenvalue weighted by molar-refractivity contribution is 0.354. The topological polar surface area (TPSA) is 79.5 Å². The van der Waals surface area contributed by atoms with Crippen LogP contribution >= 0.6 is 0 Å². The zero-order valence-electron chi connectivity index (χ0n) is 11.7. The summed E-state index contributed by atoms with van der Waals surface area (Å²) in [6.45, 7) is 0. The molecule has 0 aliphatic heterocycles. The van der Waals surface area contributed by atoms with Crippen LogP contribution in [0.15, 0.2) is 30.3 Å². The normalized spacial score (nSPS) is 11.8. The minimum atomic E-state index is -0.395. The summed E-state index contributed by atoms with van der Waals surface area (Å²) in [6.07, 6.45) is 0. The van der Waals surface area contributed by atoms with Crippen LogP contribution in [0.4, 0.5) is 0 Å². The Labute approximate surface area is 117 Å². The predicted molar refractivity (Wildman–Crippen MR) is 74.2 cm³/mol. The third-order valence-corrected chi connectivity index (χ3v) is 2.96. The van der Waals surface area contributed by atoms with Gasteiger partial charge in [0.2, 0.25) is 5.88 Å². The van der Waals surface area contributed by atoms with Crippen molar-refractivity contribution < 1.29 is 14.2 Å². The summed E-state index contributed by atoms with van der Waals surface area (Å²) in [6, 6.07) is 8.63. The lowest BCUT2D eigenvalue weighted by atomic mass is 10.0. The molecule has 1 unspecified atom stereocenters. The van der Waals surface area contributed by atoms with Gasteiger partial charge in [0.05, 0.1) is 33.1 Å². The number of nitrogens with two attached hydrogens (primary N) is 1. The summed E-state index contributed by atoms with van der Waals surface area (Å²) in [4.78, 5) is 0. The van der Waals surface area contributed by atoms with Crippen molar-refractivity contribution in [3.8, 4) is 17.4 Å². The Hall–Kier alpha value is -2.34. The van der Waals surface area contributed by atoms with Gasteiger partial charge in [-0.1, -0.05) is 6.07 Å². The maximum absolute atomic E-state index is 6.18. The van der Waals surface area contributed by atoms with E-state index in [1.54, 1.807) is 26.4 Å². The molecule has 0 saturated carbocycles. The summed E-state index contributed by atoms with van der Waals surface area (Å²) < 4.78 is 15.4. The molecular weight excluding hydrogens is 258 g/mol. The van der Waals surface area contributed by atoms with Crippen molar-refractivity contribution >= 4 is 0 Å². The van der Waals surface area contributed by atoms with E-state index in [0.29, 0.717) is 23.1 Å². The molecule has 0 saturated heterocycles. The Morgan fingerprint density at radius 1 is 0.900 bits per heavy atom. The first-order valence-corrected chi connectivity index (χ1v) is 6.04. The molecule has 1 aromatic heterocycles. The Bertz CT molecular complexity index is 572. The molecule has 0 aliphatic carbocycles. The summed E-state index contributed by atoms with van der Waals surface area (Å²) >= 11 is 0. The second-order valence-corrected chi connectivity index (χ2v) is 4.09. The van der Waals surface area contributed by atoms with Crippen molar-refractivity contribution in [1.82, 2.24) is 10.2 Å². The molecule has 2 aromatic rings. The molecule has 2 N–H and O–H groups in total. The zero-order valence-corrected chi connectivity index (χ0v) is 11.7. The molecule has 2 rings (SSSR count). The van der Waals surface area contributed by atoms with Gasteiger partial charge < -0.3 is 19.9 Å². The number of methoxy groups -OCH3 is 3. The van der Waals surface area contributed by atoms with Crippen LogP contribution in [0.3, 0.4) is 0 Å². The van der Waals surface area contributed by atoms with E-state index in [2.05, 4.69) is 10.2 Å².